The molecule has 1 amide bonds. The van der Waals surface area contributed by atoms with Crippen LogP contribution in [-0.4, -0.2) is 27.7 Å². The number of amides is 1. The number of benzene rings is 2. The van der Waals surface area contributed by atoms with Crippen LogP contribution in [0.3, 0.4) is 0 Å². The monoisotopic (exact) mass is 339 g/mol. The number of para-hydroxylation sites is 2. The van der Waals surface area contributed by atoms with Gasteiger partial charge in [-0.15, -0.1) is 0 Å². The maximum absolute atomic E-state index is 12.3. The minimum absolute atomic E-state index is 0.123. The van der Waals surface area contributed by atoms with Crippen LogP contribution < -0.4 is 5.32 Å². The third-order valence-electron chi connectivity index (χ3n) is 4.00. The van der Waals surface area contributed by atoms with E-state index in [4.69, 9.17) is 4.74 Å². The van der Waals surface area contributed by atoms with E-state index in [2.05, 4.69) is 10.3 Å². The maximum Gasteiger partial charge on any atom is 0.240 e. The predicted octanol–water partition coefficient (Wildman–Crippen LogP) is 1.99. The first kappa shape index (κ1) is 17.1. The Morgan fingerprint density at radius 2 is 1.88 bits per heavy atom. The van der Waals surface area contributed by atoms with E-state index in [-0.39, 0.29) is 19.1 Å². The standard InChI is InChI=1S/C19H21N3O3/c1-25-13-15-8-6-14(7-9-15)10-20-19(24)11-22-17-5-3-2-4-16(17)21-18(22)12-23/h2-9,23H,10-13H2,1H3,(H,20,24). The zero-order valence-corrected chi connectivity index (χ0v) is 14.1. The minimum atomic E-state index is -0.205. The van der Waals surface area contributed by atoms with Crippen LogP contribution in [0, 0.1) is 0 Å². The molecule has 0 fully saturated rings. The van der Waals surface area contributed by atoms with Crippen molar-refractivity contribution >= 4 is 16.9 Å². The molecular weight excluding hydrogens is 318 g/mol. The van der Waals surface area contributed by atoms with Gasteiger partial charge in [-0.2, -0.15) is 0 Å². The molecule has 0 spiro atoms. The van der Waals surface area contributed by atoms with Crippen LogP contribution in [0.2, 0.25) is 0 Å². The second-order valence-electron chi connectivity index (χ2n) is 5.79. The number of rotatable bonds is 7. The van der Waals surface area contributed by atoms with Crippen molar-refractivity contribution in [2.75, 3.05) is 7.11 Å². The van der Waals surface area contributed by atoms with Gasteiger partial charge in [0.1, 0.15) is 19.0 Å². The molecule has 0 aliphatic carbocycles. The summed E-state index contributed by atoms with van der Waals surface area (Å²) in [5, 5.41) is 12.4. The zero-order chi connectivity index (χ0) is 17.6. The summed E-state index contributed by atoms with van der Waals surface area (Å²) in [5.74, 6) is 0.360. The first-order valence-corrected chi connectivity index (χ1v) is 8.09. The summed E-state index contributed by atoms with van der Waals surface area (Å²) < 4.78 is 6.83. The number of nitrogens with one attached hydrogen (secondary N) is 1. The van der Waals surface area contributed by atoms with E-state index in [0.29, 0.717) is 19.0 Å². The van der Waals surface area contributed by atoms with Crippen LogP contribution in [0.4, 0.5) is 0 Å². The molecule has 3 rings (SSSR count). The summed E-state index contributed by atoms with van der Waals surface area (Å²) in [6.07, 6.45) is 0. The van der Waals surface area contributed by atoms with Crippen molar-refractivity contribution in [1.82, 2.24) is 14.9 Å². The normalized spacial score (nSPS) is 11.0. The fourth-order valence-corrected chi connectivity index (χ4v) is 2.74. The van der Waals surface area contributed by atoms with Crippen LogP contribution in [0.25, 0.3) is 11.0 Å². The molecule has 0 aliphatic rings. The highest BCUT2D eigenvalue weighted by Crippen LogP contribution is 2.16. The molecule has 0 unspecified atom stereocenters. The Morgan fingerprint density at radius 1 is 1.16 bits per heavy atom. The number of nitrogens with zero attached hydrogens (tertiary/aromatic N) is 2. The van der Waals surface area contributed by atoms with Crippen molar-refractivity contribution in [3.05, 3.63) is 65.5 Å². The van der Waals surface area contributed by atoms with Gasteiger partial charge in [-0.3, -0.25) is 4.79 Å². The first-order chi connectivity index (χ1) is 12.2. The lowest BCUT2D eigenvalue weighted by molar-refractivity contribution is -0.121. The summed E-state index contributed by atoms with van der Waals surface area (Å²) in [4.78, 5) is 16.7. The lowest BCUT2D eigenvalue weighted by atomic mass is 10.1. The second kappa shape index (κ2) is 7.92. The number of carbonyl (C=O) groups is 1. The molecule has 0 radical (unpaired) electrons. The molecule has 0 bridgehead atoms. The third kappa shape index (κ3) is 4.04. The Morgan fingerprint density at radius 3 is 2.60 bits per heavy atom. The Hall–Kier alpha value is -2.70. The molecule has 25 heavy (non-hydrogen) atoms. The van der Waals surface area contributed by atoms with E-state index in [1.54, 1.807) is 11.7 Å². The van der Waals surface area contributed by atoms with E-state index in [9.17, 15) is 9.90 Å². The second-order valence-corrected chi connectivity index (χ2v) is 5.79. The van der Waals surface area contributed by atoms with Crippen molar-refractivity contribution in [1.29, 1.82) is 0 Å². The number of aliphatic hydroxyl groups is 1. The van der Waals surface area contributed by atoms with E-state index < -0.39 is 0 Å². The number of carbonyl (C=O) groups excluding carboxylic acids is 1. The number of fused-ring (bicyclic) bond motifs is 1. The Kier molecular flexibility index (Phi) is 5.42. The number of methoxy groups -OCH3 is 1. The van der Waals surface area contributed by atoms with E-state index >= 15 is 0 Å². The summed E-state index contributed by atoms with van der Waals surface area (Å²) >= 11 is 0. The maximum atomic E-state index is 12.3. The van der Waals surface area contributed by atoms with Crippen LogP contribution in [-0.2, 0) is 35.8 Å². The van der Waals surface area contributed by atoms with Gasteiger partial charge in [-0.1, -0.05) is 36.4 Å². The molecule has 0 atom stereocenters. The van der Waals surface area contributed by atoms with Gasteiger partial charge in [-0.25, -0.2) is 4.98 Å². The molecule has 0 saturated carbocycles. The smallest absolute Gasteiger partial charge is 0.240 e. The van der Waals surface area contributed by atoms with Crippen LogP contribution in [0.1, 0.15) is 17.0 Å². The average Bonchev–Trinajstić information content (AvgIpc) is 2.99. The van der Waals surface area contributed by atoms with Gasteiger partial charge in [-0.05, 0) is 23.3 Å². The predicted molar refractivity (Wildman–Crippen MR) is 94.7 cm³/mol. The van der Waals surface area contributed by atoms with Crippen molar-refractivity contribution in [3.63, 3.8) is 0 Å². The lowest BCUT2D eigenvalue weighted by Gasteiger charge is -2.09. The Labute approximate surface area is 146 Å². The molecule has 130 valence electrons. The highest BCUT2D eigenvalue weighted by Gasteiger charge is 2.12. The average molecular weight is 339 g/mol. The quantitative estimate of drug-likeness (QED) is 0.690. The molecule has 0 saturated heterocycles. The molecule has 6 heteroatoms. The fraction of sp³-hybridized carbons (Fsp3) is 0.263. The van der Waals surface area contributed by atoms with Crippen molar-refractivity contribution in [3.8, 4) is 0 Å². The van der Waals surface area contributed by atoms with Crippen LogP contribution in [0.5, 0.6) is 0 Å². The molecule has 2 N–H and O–H groups in total. The van der Waals surface area contributed by atoms with Gasteiger partial charge in [0, 0.05) is 13.7 Å². The third-order valence-corrected chi connectivity index (χ3v) is 4.00. The number of aliphatic hydroxyl groups excluding tert-OH is 1. The van der Waals surface area contributed by atoms with Gasteiger partial charge in [0.05, 0.1) is 17.6 Å². The van der Waals surface area contributed by atoms with Crippen LogP contribution >= 0.6 is 0 Å². The molecule has 0 aliphatic heterocycles. The van der Waals surface area contributed by atoms with Crippen molar-refractivity contribution < 1.29 is 14.6 Å². The summed E-state index contributed by atoms with van der Waals surface area (Å²) in [6, 6.07) is 15.4. The van der Waals surface area contributed by atoms with Gasteiger partial charge in [0.2, 0.25) is 5.91 Å². The molecule has 6 nitrogen and oxygen atoms in total. The molecule has 2 aromatic carbocycles. The van der Waals surface area contributed by atoms with Gasteiger partial charge in [0.25, 0.3) is 0 Å². The minimum Gasteiger partial charge on any atom is -0.388 e. The molecular formula is C19H21N3O3. The number of hydrogen-bond acceptors (Lipinski definition) is 4. The largest absolute Gasteiger partial charge is 0.388 e. The Balaban J connectivity index is 1.65. The summed E-state index contributed by atoms with van der Waals surface area (Å²) in [6.45, 7) is 0.943. The topological polar surface area (TPSA) is 76.4 Å². The number of aromatic nitrogens is 2. The fourth-order valence-electron chi connectivity index (χ4n) is 2.74. The van der Waals surface area contributed by atoms with E-state index in [1.807, 2.05) is 48.5 Å². The van der Waals surface area contributed by atoms with Gasteiger partial charge >= 0.3 is 0 Å². The number of ether oxygens (including phenoxy) is 1. The SMILES string of the molecule is COCc1ccc(CNC(=O)Cn2c(CO)nc3ccccc32)cc1. The van der Waals surface area contributed by atoms with Gasteiger partial charge < -0.3 is 19.7 Å². The van der Waals surface area contributed by atoms with Crippen molar-refractivity contribution in [2.45, 2.75) is 26.3 Å². The lowest BCUT2D eigenvalue weighted by Crippen LogP contribution is -2.27. The first-order valence-electron chi connectivity index (χ1n) is 8.09. The summed E-state index contributed by atoms with van der Waals surface area (Å²) in [7, 11) is 1.66. The Bertz CT molecular complexity index is 856. The van der Waals surface area contributed by atoms with Crippen LogP contribution in [0.15, 0.2) is 48.5 Å². The molecule has 3 aromatic rings. The van der Waals surface area contributed by atoms with Crippen molar-refractivity contribution in [2.24, 2.45) is 0 Å². The summed E-state index contributed by atoms with van der Waals surface area (Å²) in [5.41, 5.74) is 3.72. The number of imidazole rings is 1. The zero-order valence-electron chi connectivity index (χ0n) is 14.1. The van der Waals surface area contributed by atoms with Gasteiger partial charge in [0.15, 0.2) is 0 Å². The number of hydrogen-bond donors (Lipinski definition) is 2. The highest BCUT2D eigenvalue weighted by molar-refractivity contribution is 5.81. The van der Waals surface area contributed by atoms with E-state index in [0.717, 1.165) is 22.2 Å². The molecule has 1 aromatic heterocycles. The molecule has 1 heterocycles. The highest BCUT2D eigenvalue weighted by atomic mass is 16.5. The van der Waals surface area contributed by atoms with E-state index in [1.165, 1.54) is 0 Å².